The van der Waals surface area contributed by atoms with Crippen LogP contribution in [0.1, 0.15) is 170 Å². The average Bonchev–Trinajstić information content (AvgIpc) is 3.46. The fourth-order valence-electron chi connectivity index (χ4n) is 8.44. The maximum absolute atomic E-state index is 13.5. The summed E-state index contributed by atoms with van der Waals surface area (Å²) in [7, 11) is 0. The van der Waals surface area contributed by atoms with E-state index in [0.29, 0.717) is 31.2 Å². The SMILES string of the molecule is CC1CCCCCC(C)C[C@@H](C)CCCC(C)C[C@@H](C)CC[C@@H](C)OC(=O)C2CCCN2C(=O)CC2O[C@H](CC1)CC[C@H]2C. The molecule has 44 heavy (non-hydrogen) atoms. The molecule has 10 atom stereocenters. The molecule has 3 aliphatic rings. The Labute approximate surface area is 272 Å². The normalized spacial score (nSPS) is 39.4. The molecule has 2 bridgehead atoms. The van der Waals surface area contributed by atoms with Gasteiger partial charge in [-0.05, 0) is 107 Å². The number of carbonyl (C=O) groups is 2. The highest BCUT2D eigenvalue weighted by atomic mass is 16.5. The van der Waals surface area contributed by atoms with E-state index in [9.17, 15) is 9.59 Å². The smallest absolute Gasteiger partial charge is 0.329 e. The molecule has 256 valence electrons. The monoisotopic (exact) mass is 618 g/mol. The quantitative estimate of drug-likeness (QED) is 0.254. The Balaban J connectivity index is 1.57. The second-order valence-electron chi connectivity index (χ2n) is 16.3. The number of fused-ring (bicyclic) bond motifs is 3. The Kier molecular flexibility index (Phi) is 16.6. The molecule has 3 fully saturated rings. The van der Waals surface area contributed by atoms with E-state index in [4.69, 9.17) is 9.47 Å². The highest BCUT2D eigenvalue weighted by molar-refractivity contribution is 5.85. The summed E-state index contributed by atoms with van der Waals surface area (Å²) in [6, 6.07) is -0.431. The van der Waals surface area contributed by atoms with E-state index in [1.807, 2.05) is 6.92 Å². The molecule has 5 nitrogen and oxygen atoms in total. The zero-order valence-electron chi connectivity index (χ0n) is 30.0. The third-order valence-corrected chi connectivity index (χ3v) is 11.4. The molecule has 3 aliphatic heterocycles. The third kappa shape index (κ3) is 13.3. The number of carbonyl (C=O) groups excluding carboxylic acids is 2. The van der Waals surface area contributed by atoms with Crippen molar-refractivity contribution in [1.82, 2.24) is 4.90 Å². The lowest BCUT2D eigenvalue weighted by Crippen LogP contribution is -2.45. The van der Waals surface area contributed by atoms with E-state index in [2.05, 4.69) is 41.5 Å². The molecule has 0 spiro atoms. The van der Waals surface area contributed by atoms with Crippen molar-refractivity contribution in [3.8, 4) is 0 Å². The van der Waals surface area contributed by atoms with Gasteiger partial charge in [0.05, 0.1) is 24.7 Å². The van der Waals surface area contributed by atoms with E-state index in [1.54, 1.807) is 4.90 Å². The minimum Gasteiger partial charge on any atom is -0.461 e. The molecule has 0 saturated carbocycles. The van der Waals surface area contributed by atoms with Gasteiger partial charge in [-0.25, -0.2) is 4.79 Å². The Bertz CT molecular complexity index is 831. The average molecular weight is 618 g/mol. The van der Waals surface area contributed by atoms with Gasteiger partial charge in [0.15, 0.2) is 0 Å². The van der Waals surface area contributed by atoms with Crippen LogP contribution in [0.15, 0.2) is 0 Å². The van der Waals surface area contributed by atoms with Crippen molar-refractivity contribution in [2.24, 2.45) is 35.5 Å². The maximum Gasteiger partial charge on any atom is 0.329 e. The fourth-order valence-corrected chi connectivity index (χ4v) is 8.44. The van der Waals surface area contributed by atoms with Crippen LogP contribution < -0.4 is 0 Å². The van der Waals surface area contributed by atoms with Crippen LogP contribution in [0.3, 0.4) is 0 Å². The van der Waals surface area contributed by atoms with E-state index in [-0.39, 0.29) is 30.2 Å². The summed E-state index contributed by atoms with van der Waals surface area (Å²) in [5.74, 6) is 4.02. The molecule has 3 rings (SSSR count). The maximum atomic E-state index is 13.5. The Morgan fingerprint density at radius 1 is 0.568 bits per heavy atom. The summed E-state index contributed by atoms with van der Waals surface area (Å²) < 4.78 is 12.5. The molecule has 5 unspecified atom stereocenters. The largest absolute Gasteiger partial charge is 0.461 e. The molecular formula is C39H71NO4. The minimum atomic E-state index is -0.431. The van der Waals surface area contributed by atoms with Crippen LogP contribution in [-0.4, -0.2) is 47.7 Å². The van der Waals surface area contributed by atoms with Crippen molar-refractivity contribution in [3.05, 3.63) is 0 Å². The first-order chi connectivity index (χ1) is 21.0. The summed E-state index contributed by atoms with van der Waals surface area (Å²) in [4.78, 5) is 28.5. The van der Waals surface area contributed by atoms with Gasteiger partial charge in [0.25, 0.3) is 0 Å². The van der Waals surface area contributed by atoms with Crippen molar-refractivity contribution >= 4 is 11.9 Å². The number of nitrogens with zero attached hydrogens (tertiary/aromatic N) is 1. The molecule has 0 aliphatic carbocycles. The van der Waals surface area contributed by atoms with Crippen LogP contribution in [0.25, 0.3) is 0 Å². The number of hydrogen-bond donors (Lipinski definition) is 0. The van der Waals surface area contributed by atoms with Crippen molar-refractivity contribution in [2.75, 3.05) is 6.54 Å². The molecular weight excluding hydrogens is 546 g/mol. The van der Waals surface area contributed by atoms with Crippen molar-refractivity contribution in [1.29, 1.82) is 0 Å². The summed E-state index contributed by atoms with van der Waals surface area (Å²) in [6.07, 6.45) is 22.0. The van der Waals surface area contributed by atoms with Gasteiger partial charge in [0, 0.05) is 6.54 Å². The Morgan fingerprint density at radius 2 is 1.14 bits per heavy atom. The Hall–Kier alpha value is -1.10. The standard InChI is InChI=1S/C39H71NO4/c1-28-13-9-8-10-14-29(2)25-30(3)15-11-16-31(4)26-32(5)18-21-34(7)43-39(42)36-17-12-24-40(36)38(41)27-37-33(6)20-23-35(44-37)22-19-28/h28-37H,8-27H2,1-7H3/t28?,29?,30-,31?,32-,33+,34+,35+,36?,37?/m0/s1. The van der Waals surface area contributed by atoms with Crippen LogP contribution in [0.4, 0.5) is 0 Å². The van der Waals surface area contributed by atoms with Crippen molar-refractivity contribution in [3.63, 3.8) is 0 Å². The third-order valence-electron chi connectivity index (χ3n) is 11.4. The summed E-state index contributed by atoms with van der Waals surface area (Å²) in [5, 5.41) is 0. The molecule has 5 heteroatoms. The first-order valence-electron chi connectivity index (χ1n) is 19.2. The number of cyclic esters (lactones) is 1. The van der Waals surface area contributed by atoms with E-state index in [1.165, 1.54) is 70.6 Å². The van der Waals surface area contributed by atoms with Crippen molar-refractivity contribution < 1.29 is 19.1 Å². The first-order valence-corrected chi connectivity index (χ1v) is 19.2. The zero-order chi connectivity index (χ0) is 32.1. The first kappa shape index (κ1) is 37.4. The van der Waals surface area contributed by atoms with Gasteiger partial charge in [-0.1, -0.05) is 92.9 Å². The second kappa shape index (κ2) is 19.5. The fraction of sp³-hybridized carbons (Fsp3) is 0.949. The summed E-state index contributed by atoms with van der Waals surface area (Å²) >= 11 is 0. The summed E-state index contributed by atoms with van der Waals surface area (Å²) in [6.45, 7) is 17.0. The zero-order valence-corrected chi connectivity index (χ0v) is 30.0. The van der Waals surface area contributed by atoms with Crippen LogP contribution in [-0.2, 0) is 19.1 Å². The molecule has 0 aromatic heterocycles. The van der Waals surface area contributed by atoms with E-state index >= 15 is 0 Å². The van der Waals surface area contributed by atoms with Crippen molar-refractivity contribution in [2.45, 2.75) is 195 Å². The van der Waals surface area contributed by atoms with E-state index in [0.717, 1.165) is 62.2 Å². The van der Waals surface area contributed by atoms with Crippen LogP contribution in [0, 0.1) is 35.5 Å². The molecule has 3 saturated heterocycles. The van der Waals surface area contributed by atoms with E-state index < -0.39 is 6.04 Å². The highest BCUT2D eigenvalue weighted by Gasteiger charge is 2.38. The molecule has 1 amide bonds. The highest BCUT2D eigenvalue weighted by Crippen LogP contribution is 2.32. The number of esters is 1. The lowest BCUT2D eigenvalue weighted by Gasteiger charge is -2.36. The molecule has 3 heterocycles. The van der Waals surface area contributed by atoms with Crippen LogP contribution in [0.2, 0.25) is 0 Å². The van der Waals surface area contributed by atoms with Gasteiger partial charge < -0.3 is 14.4 Å². The van der Waals surface area contributed by atoms with Gasteiger partial charge in [0.1, 0.15) is 6.04 Å². The second-order valence-corrected chi connectivity index (χ2v) is 16.3. The number of ether oxygens (including phenoxy) is 2. The predicted octanol–water partition coefficient (Wildman–Crippen LogP) is 10.1. The van der Waals surface area contributed by atoms with Gasteiger partial charge in [-0.2, -0.15) is 0 Å². The number of hydrogen-bond acceptors (Lipinski definition) is 4. The number of rotatable bonds is 0. The number of amides is 1. The lowest BCUT2D eigenvalue weighted by atomic mass is 9.86. The molecule has 0 aromatic carbocycles. The van der Waals surface area contributed by atoms with Crippen LogP contribution in [0.5, 0.6) is 0 Å². The molecule has 0 aromatic rings. The molecule has 0 N–H and O–H groups in total. The lowest BCUT2D eigenvalue weighted by molar-refractivity contribution is -0.159. The summed E-state index contributed by atoms with van der Waals surface area (Å²) in [5.41, 5.74) is 0. The van der Waals surface area contributed by atoms with Gasteiger partial charge in [-0.3, -0.25) is 4.79 Å². The topological polar surface area (TPSA) is 55.8 Å². The minimum absolute atomic E-state index is 0.0441. The Morgan fingerprint density at radius 3 is 1.82 bits per heavy atom. The van der Waals surface area contributed by atoms with Crippen LogP contribution >= 0.6 is 0 Å². The van der Waals surface area contributed by atoms with Gasteiger partial charge >= 0.3 is 5.97 Å². The molecule has 0 radical (unpaired) electrons. The van der Waals surface area contributed by atoms with Gasteiger partial charge in [-0.15, -0.1) is 0 Å². The van der Waals surface area contributed by atoms with Gasteiger partial charge in [0.2, 0.25) is 5.91 Å². The predicted molar refractivity (Wildman–Crippen MR) is 182 cm³/mol.